The van der Waals surface area contributed by atoms with Crippen LogP contribution in [0.15, 0.2) is 59.5 Å². The number of hydrogen-bond donors (Lipinski definition) is 1. The molecule has 2 amide bonds. The van der Waals surface area contributed by atoms with Crippen LogP contribution in [0.1, 0.15) is 46.0 Å². The van der Waals surface area contributed by atoms with Crippen molar-refractivity contribution >= 4 is 29.5 Å². The molecule has 0 fully saturated rings. The molecule has 1 aromatic heterocycles. The summed E-state index contributed by atoms with van der Waals surface area (Å²) >= 11 is 1.66. The van der Waals surface area contributed by atoms with Crippen molar-refractivity contribution in [3.8, 4) is 5.75 Å². The van der Waals surface area contributed by atoms with Gasteiger partial charge in [-0.15, -0.1) is 11.8 Å². The highest BCUT2D eigenvalue weighted by molar-refractivity contribution is 7.98. The number of ether oxygens (including phenoxy) is 2. The van der Waals surface area contributed by atoms with E-state index in [1.807, 2.05) is 54.8 Å². The van der Waals surface area contributed by atoms with E-state index in [0.29, 0.717) is 18.7 Å². The van der Waals surface area contributed by atoms with Gasteiger partial charge in [-0.1, -0.05) is 30.3 Å². The Balaban J connectivity index is 1.62. The minimum absolute atomic E-state index is 0.0430. The van der Waals surface area contributed by atoms with E-state index in [1.54, 1.807) is 37.6 Å². The monoisotopic (exact) mass is 536 g/mol. The highest BCUT2D eigenvalue weighted by Gasteiger charge is 2.48. The van der Waals surface area contributed by atoms with Crippen molar-refractivity contribution in [3.05, 3.63) is 77.1 Å². The second kappa shape index (κ2) is 11.7. The van der Waals surface area contributed by atoms with Gasteiger partial charge >= 0.3 is 5.97 Å². The molecule has 1 aliphatic rings. The molecular weight excluding hydrogens is 504 g/mol. The number of esters is 1. The summed E-state index contributed by atoms with van der Waals surface area (Å²) < 4.78 is 11.9. The first-order valence-corrected chi connectivity index (χ1v) is 13.6. The van der Waals surface area contributed by atoms with Crippen LogP contribution in [0.5, 0.6) is 5.75 Å². The molecule has 3 aromatic rings. The van der Waals surface area contributed by atoms with Gasteiger partial charge in [0.1, 0.15) is 17.0 Å². The Labute approximate surface area is 226 Å². The lowest BCUT2D eigenvalue weighted by atomic mass is 9.94. The van der Waals surface area contributed by atoms with E-state index < -0.39 is 11.5 Å². The van der Waals surface area contributed by atoms with Gasteiger partial charge in [0.05, 0.1) is 20.3 Å². The van der Waals surface area contributed by atoms with Gasteiger partial charge < -0.3 is 19.7 Å². The minimum atomic E-state index is -1.25. The molecule has 1 unspecified atom stereocenters. The highest BCUT2D eigenvalue weighted by Crippen LogP contribution is 2.29. The van der Waals surface area contributed by atoms with Crippen LogP contribution in [-0.2, 0) is 29.0 Å². The maximum absolute atomic E-state index is 13.7. The molecule has 0 aliphatic carbocycles. The Morgan fingerprint density at radius 2 is 1.89 bits per heavy atom. The number of benzene rings is 2. The van der Waals surface area contributed by atoms with Crippen molar-refractivity contribution < 1.29 is 23.9 Å². The molecule has 0 radical (unpaired) electrons. The summed E-state index contributed by atoms with van der Waals surface area (Å²) in [6.45, 7) is 4.27. The average Bonchev–Trinajstić information content (AvgIpc) is 3.36. The molecule has 0 saturated heterocycles. The number of nitrogens with one attached hydrogen (secondary N) is 1. The third-order valence-electron chi connectivity index (χ3n) is 6.69. The van der Waals surface area contributed by atoms with Crippen molar-refractivity contribution in [2.75, 3.05) is 26.5 Å². The van der Waals surface area contributed by atoms with E-state index in [2.05, 4.69) is 10.4 Å². The predicted molar refractivity (Wildman–Crippen MR) is 144 cm³/mol. The number of nitrogens with zero attached hydrogens (tertiary/aromatic N) is 3. The van der Waals surface area contributed by atoms with Gasteiger partial charge in [-0.3, -0.25) is 14.3 Å². The number of para-hydroxylation sites is 1. The summed E-state index contributed by atoms with van der Waals surface area (Å²) in [5, 5.41) is 7.29. The molecular formula is C28H32N4O5S. The van der Waals surface area contributed by atoms with Gasteiger partial charge in [0, 0.05) is 29.6 Å². The molecule has 0 saturated carbocycles. The van der Waals surface area contributed by atoms with E-state index in [9.17, 15) is 14.4 Å². The molecule has 1 N–H and O–H groups in total. The van der Waals surface area contributed by atoms with E-state index in [1.165, 1.54) is 10.7 Å². The van der Waals surface area contributed by atoms with Crippen LogP contribution >= 0.6 is 11.8 Å². The number of carbonyl (C=O) groups is 3. The second-order valence-corrected chi connectivity index (χ2v) is 10.00. The molecule has 9 nitrogen and oxygen atoms in total. The number of carbonyl (C=O) groups excluding carboxylic acids is 3. The number of aromatic nitrogens is 2. The standard InChI is InChI=1S/C28H32N4O5S/c1-5-37-26(34)22-16-23-25(33)31(15-14-19-10-12-21(38-4)13-11-19)28(2,18-32(23)30-22)27(35)29-17-20-8-6-7-9-24(20)36-3/h6-13,16H,5,14-15,17-18H2,1-4H3,(H,29,35). The summed E-state index contributed by atoms with van der Waals surface area (Å²) in [6.07, 6.45) is 2.58. The number of rotatable bonds is 10. The summed E-state index contributed by atoms with van der Waals surface area (Å²) in [4.78, 5) is 42.5. The largest absolute Gasteiger partial charge is 0.496 e. The summed E-state index contributed by atoms with van der Waals surface area (Å²) in [5.41, 5.74) is 0.920. The Morgan fingerprint density at radius 3 is 2.58 bits per heavy atom. The zero-order chi connectivity index (χ0) is 27.3. The molecule has 10 heteroatoms. The molecule has 0 spiro atoms. The molecule has 2 aromatic carbocycles. The normalized spacial score (nSPS) is 16.6. The first-order chi connectivity index (χ1) is 18.3. The van der Waals surface area contributed by atoms with Crippen molar-refractivity contribution in [2.24, 2.45) is 0 Å². The average molecular weight is 537 g/mol. The van der Waals surface area contributed by atoms with Crippen molar-refractivity contribution in [1.82, 2.24) is 20.0 Å². The van der Waals surface area contributed by atoms with E-state index in [4.69, 9.17) is 9.47 Å². The van der Waals surface area contributed by atoms with E-state index >= 15 is 0 Å². The molecule has 200 valence electrons. The Morgan fingerprint density at radius 1 is 1.16 bits per heavy atom. The topological polar surface area (TPSA) is 103 Å². The minimum Gasteiger partial charge on any atom is -0.496 e. The smallest absolute Gasteiger partial charge is 0.358 e. The van der Waals surface area contributed by atoms with Gasteiger partial charge in [0.15, 0.2) is 5.69 Å². The number of methoxy groups -OCH3 is 1. The number of amides is 2. The molecule has 1 atom stereocenters. The fraction of sp³-hybridized carbons (Fsp3) is 0.357. The van der Waals surface area contributed by atoms with E-state index in [-0.39, 0.29) is 42.9 Å². The molecule has 0 bridgehead atoms. The van der Waals surface area contributed by atoms with E-state index in [0.717, 1.165) is 16.0 Å². The van der Waals surface area contributed by atoms with Gasteiger partial charge in [0.25, 0.3) is 5.91 Å². The number of fused-ring (bicyclic) bond motifs is 1. The fourth-order valence-corrected chi connectivity index (χ4v) is 4.95. The van der Waals surface area contributed by atoms with Crippen molar-refractivity contribution in [2.45, 2.75) is 43.8 Å². The first-order valence-electron chi connectivity index (χ1n) is 12.4. The van der Waals surface area contributed by atoms with Gasteiger partial charge in [0.2, 0.25) is 5.91 Å². The second-order valence-electron chi connectivity index (χ2n) is 9.12. The summed E-state index contributed by atoms with van der Waals surface area (Å²) in [6, 6.07) is 17.0. The third-order valence-corrected chi connectivity index (χ3v) is 7.43. The number of hydrogen-bond acceptors (Lipinski definition) is 7. The van der Waals surface area contributed by atoms with Crippen LogP contribution in [0.4, 0.5) is 0 Å². The zero-order valence-corrected chi connectivity index (χ0v) is 22.8. The lowest BCUT2D eigenvalue weighted by Gasteiger charge is -2.43. The van der Waals surface area contributed by atoms with Crippen LogP contribution in [0, 0.1) is 0 Å². The zero-order valence-electron chi connectivity index (χ0n) is 22.0. The Bertz CT molecular complexity index is 1320. The van der Waals surface area contributed by atoms with Crippen LogP contribution in [0.2, 0.25) is 0 Å². The lowest BCUT2D eigenvalue weighted by Crippen LogP contribution is -2.64. The highest BCUT2D eigenvalue weighted by atomic mass is 32.2. The maximum Gasteiger partial charge on any atom is 0.358 e. The molecule has 38 heavy (non-hydrogen) atoms. The SMILES string of the molecule is CCOC(=O)c1cc2n(n1)CC(C)(C(=O)NCc1ccccc1OC)N(CCc1ccc(SC)cc1)C2=O. The van der Waals surface area contributed by atoms with Crippen LogP contribution < -0.4 is 10.1 Å². The Hall–Kier alpha value is -3.79. The summed E-state index contributed by atoms with van der Waals surface area (Å²) in [5.74, 6) is -0.634. The quantitative estimate of drug-likeness (QED) is 0.312. The summed E-state index contributed by atoms with van der Waals surface area (Å²) in [7, 11) is 1.58. The Kier molecular flexibility index (Phi) is 8.41. The molecule has 4 rings (SSSR count). The lowest BCUT2D eigenvalue weighted by molar-refractivity contribution is -0.133. The first kappa shape index (κ1) is 27.3. The molecule has 2 heterocycles. The van der Waals surface area contributed by atoms with Gasteiger partial charge in [-0.2, -0.15) is 5.10 Å². The molecule has 1 aliphatic heterocycles. The third kappa shape index (κ3) is 5.55. The van der Waals surface area contributed by atoms with Gasteiger partial charge in [-0.05, 0) is 50.3 Å². The van der Waals surface area contributed by atoms with Crippen LogP contribution in [-0.4, -0.2) is 64.5 Å². The van der Waals surface area contributed by atoms with Crippen LogP contribution in [0.3, 0.4) is 0 Å². The van der Waals surface area contributed by atoms with Crippen molar-refractivity contribution in [1.29, 1.82) is 0 Å². The fourth-order valence-electron chi connectivity index (χ4n) is 4.54. The maximum atomic E-state index is 13.7. The van der Waals surface area contributed by atoms with Gasteiger partial charge in [-0.25, -0.2) is 4.79 Å². The van der Waals surface area contributed by atoms with Crippen LogP contribution in [0.25, 0.3) is 0 Å². The predicted octanol–water partition coefficient (Wildman–Crippen LogP) is 3.56. The van der Waals surface area contributed by atoms with Crippen molar-refractivity contribution in [3.63, 3.8) is 0 Å². The number of thioether (sulfide) groups is 1.